The molecule has 0 amide bonds. The first kappa shape index (κ1) is 11.3. The maximum absolute atomic E-state index is 2.67. The number of rotatable bonds is 0. The van der Waals surface area contributed by atoms with Gasteiger partial charge in [0.2, 0.25) is 0 Å². The van der Waals surface area contributed by atoms with Crippen LogP contribution in [0.2, 0.25) is 0 Å². The van der Waals surface area contributed by atoms with E-state index in [4.69, 9.17) is 0 Å². The average Bonchev–Trinajstić information content (AvgIpc) is 3.28. The van der Waals surface area contributed by atoms with Crippen LogP contribution < -0.4 is 0 Å². The molecule has 0 heteroatoms. The summed E-state index contributed by atoms with van der Waals surface area (Å²) in [5.41, 5.74) is 4.10. The van der Waals surface area contributed by atoms with E-state index in [-0.39, 0.29) is 0 Å². The van der Waals surface area contributed by atoms with Crippen LogP contribution in [0.1, 0.15) is 51.9 Å². The Morgan fingerprint density at radius 1 is 0.762 bits per heavy atom. The Morgan fingerprint density at radius 3 is 2.62 bits per heavy atom. The second kappa shape index (κ2) is 3.31. The second-order valence-electron chi connectivity index (χ2n) is 10.1. The molecule has 0 aromatic carbocycles. The van der Waals surface area contributed by atoms with Gasteiger partial charge in [-0.3, -0.25) is 0 Å². The SMILES string of the molecule is CC1C2C3=C4CCC(C4)C3C1C1CC3C4CCC(C4)C3C12. The summed E-state index contributed by atoms with van der Waals surface area (Å²) < 4.78 is 0. The molecule has 0 N–H and O–H groups in total. The summed E-state index contributed by atoms with van der Waals surface area (Å²) in [5, 5.41) is 0. The molecule has 6 fully saturated rings. The van der Waals surface area contributed by atoms with Crippen LogP contribution in [-0.4, -0.2) is 0 Å². The molecule has 0 saturated heterocycles. The molecule has 0 aliphatic heterocycles. The first-order valence-corrected chi connectivity index (χ1v) is 10.0. The molecule has 7 aliphatic carbocycles. The molecule has 0 aromatic heterocycles. The standard InChI is InChI=1S/C21H28/c1-9-16-15-8-14-10-2-3-11(6-10)18(14)21(15)17(9)20-13-5-4-12(7-13)19(16)20/h9-12,14-19,21H,2-8H2,1H3. The van der Waals surface area contributed by atoms with Gasteiger partial charge in [0.25, 0.3) is 0 Å². The van der Waals surface area contributed by atoms with Crippen LogP contribution in [0.15, 0.2) is 11.1 Å². The Hall–Kier alpha value is -0.260. The Labute approximate surface area is 128 Å². The summed E-state index contributed by atoms with van der Waals surface area (Å²) in [5.74, 6) is 12.6. The summed E-state index contributed by atoms with van der Waals surface area (Å²) in [6.45, 7) is 2.67. The molecule has 0 nitrogen and oxygen atoms in total. The van der Waals surface area contributed by atoms with Crippen molar-refractivity contribution in [1.82, 2.24) is 0 Å². The van der Waals surface area contributed by atoms with Crippen molar-refractivity contribution in [3.63, 3.8) is 0 Å². The van der Waals surface area contributed by atoms with Crippen LogP contribution >= 0.6 is 0 Å². The normalized spacial score (nSPS) is 68.1. The minimum absolute atomic E-state index is 1.07. The van der Waals surface area contributed by atoms with Gasteiger partial charge in [0.05, 0.1) is 0 Å². The van der Waals surface area contributed by atoms with Crippen LogP contribution in [0, 0.1) is 65.1 Å². The fraction of sp³-hybridized carbons (Fsp3) is 0.905. The summed E-state index contributed by atoms with van der Waals surface area (Å²) in [6.07, 6.45) is 11.1. The van der Waals surface area contributed by atoms with E-state index in [1.807, 2.05) is 5.57 Å². The van der Waals surface area contributed by atoms with Gasteiger partial charge in [-0.05, 0) is 110 Å². The van der Waals surface area contributed by atoms with Crippen molar-refractivity contribution in [3.8, 4) is 0 Å². The van der Waals surface area contributed by atoms with E-state index in [9.17, 15) is 0 Å². The van der Waals surface area contributed by atoms with Crippen LogP contribution in [0.3, 0.4) is 0 Å². The van der Waals surface area contributed by atoms with E-state index in [0.717, 1.165) is 29.6 Å². The van der Waals surface area contributed by atoms with Gasteiger partial charge in [-0.15, -0.1) is 0 Å². The van der Waals surface area contributed by atoms with Gasteiger partial charge in [-0.25, -0.2) is 0 Å². The second-order valence-corrected chi connectivity index (χ2v) is 10.1. The molecular weight excluding hydrogens is 252 g/mol. The van der Waals surface area contributed by atoms with Crippen LogP contribution in [-0.2, 0) is 0 Å². The minimum atomic E-state index is 1.07. The molecule has 7 aliphatic rings. The molecule has 0 spiro atoms. The van der Waals surface area contributed by atoms with Crippen molar-refractivity contribution in [2.75, 3.05) is 0 Å². The molecule has 6 bridgehead atoms. The average molecular weight is 280 g/mol. The van der Waals surface area contributed by atoms with E-state index in [2.05, 4.69) is 12.5 Å². The third-order valence-corrected chi connectivity index (χ3v) is 10.1. The van der Waals surface area contributed by atoms with Crippen molar-refractivity contribution in [2.24, 2.45) is 65.1 Å². The smallest absolute Gasteiger partial charge is 0.0132 e. The molecule has 11 atom stereocenters. The highest BCUT2D eigenvalue weighted by Crippen LogP contribution is 2.77. The lowest BCUT2D eigenvalue weighted by Gasteiger charge is -2.39. The highest BCUT2D eigenvalue weighted by Gasteiger charge is 2.70. The molecule has 0 heterocycles. The first-order valence-electron chi connectivity index (χ1n) is 10.0. The molecule has 112 valence electrons. The van der Waals surface area contributed by atoms with Crippen molar-refractivity contribution < 1.29 is 0 Å². The van der Waals surface area contributed by atoms with Crippen molar-refractivity contribution in [1.29, 1.82) is 0 Å². The zero-order chi connectivity index (χ0) is 13.5. The van der Waals surface area contributed by atoms with Gasteiger partial charge in [0, 0.05) is 0 Å². The van der Waals surface area contributed by atoms with E-state index >= 15 is 0 Å². The zero-order valence-electron chi connectivity index (χ0n) is 13.3. The van der Waals surface area contributed by atoms with E-state index in [1.165, 1.54) is 41.9 Å². The van der Waals surface area contributed by atoms with Crippen molar-refractivity contribution >= 4 is 0 Å². The lowest BCUT2D eigenvalue weighted by atomic mass is 9.65. The molecule has 7 rings (SSSR count). The highest BCUT2D eigenvalue weighted by atomic mass is 14.7. The maximum Gasteiger partial charge on any atom is -0.0132 e. The number of hydrogen-bond donors (Lipinski definition) is 0. The molecule has 0 radical (unpaired) electrons. The summed E-state index contributed by atoms with van der Waals surface area (Å²) in [6, 6.07) is 0. The van der Waals surface area contributed by atoms with Crippen LogP contribution in [0.25, 0.3) is 0 Å². The van der Waals surface area contributed by atoms with Crippen LogP contribution in [0.4, 0.5) is 0 Å². The summed E-state index contributed by atoms with van der Waals surface area (Å²) >= 11 is 0. The molecule has 21 heavy (non-hydrogen) atoms. The van der Waals surface area contributed by atoms with Crippen LogP contribution in [0.5, 0.6) is 0 Å². The predicted molar refractivity (Wildman–Crippen MR) is 83.4 cm³/mol. The Bertz CT molecular complexity index is 571. The molecule has 11 unspecified atom stereocenters. The Balaban J connectivity index is 1.38. The van der Waals surface area contributed by atoms with Gasteiger partial charge >= 0.3 is 0 Å². The van der Waals surface area contributed by atoms with Gasteiger partial charge in [-0.1, -0.05) is 18.1 Å². The van der Waals surface area contributed by atoms with Crippen molar-refractivity contribution in [3.05, 3.63) is 11.1 Å². The molecule has 6 saturated carbocycles. The minimum Gasteiger partial charge on any atom is -0.0701 e. The fourth-order valence-corrected chi connectivity index (χ4v) is 10.1. The molecular formula is C21H28. The number of allylic oxidation sites excluding steroid dienone is 2. The van der Waals surface area contributed by atoms with Gasteiger partial charge in [-0.2, -0.15) is 0 Å². The lowest BCUT2D eigenvalue weighted by Crippen LogP contribution is -2.33. The van der Waals surface area contributed by atoms with Gasteiger partial charge < -0.3 is 0 Å². The highest BCUT2D eigenvalue weighted by molar-refractivity contribution is 5.40. The van der Waals surface area contributed by atoms with Gasteiger partial charge in [0.1, 0.15) is 0 Å². The number of fused-ring (bicyclic) bond motifs is 17. The topological polar surface area (TPSA) is 0 Å². The third kappa shape index (κ3) is 1.03. The number of hydrogen-bond acceptors (Lipinski definition) is 0. The Morgan fingerprint density at radius 2 is 1.67 bits per heavy atom. The largest absolute Gasteiger partial charge is 0.0701 e. The third-order valence-electron chi connectivity index (χ3n) is 10.1. The first-order chi connectivity index (χ1) is 10.3. The zero-order valence-corrected chi connectivity index (χ0v) is 13.3. The maximum atomic E-state index is 2.67. The van der Waals surface area contributed by atoms with Gasteiger partial charge in [0.15, 0.2) is 0 Å². The lowest BCUT2D eigenvalue weighted by molar-refractivity contribution is 0.148. The molecule has 0 aromatic rings. The van der Waals surface area contributed by atoms with Crippen molar-refractivity contribution in [2.45, 2.75) is 51.9 Å². The Kier molecular flexibility index (Phi) is 1.78. The fourth-order valence-electron chi connectivity index (χ4n) is 10.1. The monoisotopic (exact) mass is 280 g/mol. The van der Waals surface area contributed by atoms with E-state index in [0.29, 0.717) is 0 Å². The quantitative estimate of drug-likeness (QED) is 0.553. The predicted octanol–water partition coefficient (Wildman–Crippen LogP) is 4.91. The van der Waals surface area contributed by atoms with E-state index in [1.54, 1.807) is 38.5 Å². The van der Waals surface area contributed by atoms with E-state index < -0.39 is 0 Å². The summed E-state index contributed by atoms with van der Waals surface area (Å²) in [4.78, 5) is 0. The summed E-state index contributed by atoms with van der Waals surface area (Å²) in [7, 11) is 0.